The van der Waals surface area contributed by atoms with E-state index >= 15 is 0 Å². The van der Waals surface area contributed by atoms with Gasteiger partial charge in [0, 0.05) is 35.3 Å². The zero-order chi connectivity index (χ0) is 32.7. The summed E-state index contributed by atoms with van der Waals surface area (Å²) in [5.74, 6) is -0.633. The molecule has 1 amide bonds. The molecule has 45 heavy (non-hydrogen) atoms. The van der Waals surface area contributed by atoms with E-state index in [4.69, 9.17) is 33.1 Å². The third kappa shape index (κ3) is 7.94. The van der Waals surface area contributed by atoms with Gasteiger partial charge in [-0.3, -0.25) is 13.9 Å². The van der Waals surface area contributed by atoms with E-state index < -0.39 is 45.8 Å². The Balaban J connectivity index is 1.43. The molecule has 3 aromatic rings. The molecule has 1 aromatic carbocycles. The maximum absolute atomic E-state index is 13.9. The lowest BCUT2D eigenvalue weighted by molar-refractivity contribution is 0.0178. The summed E-state index contributed by atoms with van der Waals surface area (Å²) in [6.07, 6.45) is 2.55. The molecule has 2 aromatic heterocycles. The number of aliphatic hydroxyl groups is 1. The lowest BCUT2D eigenvalue weighted by Gasteiger charge is -2.38. The molecule has 1 aliphatic heterocycles. The molecule has 1 aliphatic carbocycles. The lowest BCUT2D eigenvalue weighted by Crippen LogP contribution is -2.43. The minimum absolute atomic E-state index is 0.178. The van der Waals surface area contributed by atoms with Crippen LogP contribution in [0.2, 0.25) is 9.36 Å². The maximum Gasteiger partial charge on any atom is 0.411 e. The van der Waals surface area contributed by atoms with E-state index in [1.165, 1.54) is 12.5 Å². The average Bonchev–Trinajstić information content (AvgIpc) is 3.50. The highest BCUT2D eigenvalue weighted by molar-refractivity contribution is 7.84. The summed E-state index contributed by atoms with van der Waals surface area (Å²) >= 11 is 14.3. The number of amides is 1. The Kier molecular flexibility index (Phi) is 9.76. The number of hydrogen-bond donors (Lipinski definition) is 3. The van der Waals surface area contributed by atoms with Gasteiger partial charge in [-0.1, -0.05) is 29.3 Å². The number of hydrogen-bond acceptors (Lipinski definition) is 11. The maximum atomic E-state index is 13.9. The van der Waals surface area contributed by atoms with Gasteiger partial charge in [-0.25, -0.2) is 19.9 Å². The van der Waals surface area contributed by atoms with Crippen molar-refractivity contribution in [1.29, 1.82) is 0 Å². The van der Waals surface area contributed by atoms with Crippen LogP contribution in [0.1, 0.15) is 71.6 Å². The largest absolute Gasteiger partial charge is 0.444 e. The Morgan fingerprint density at radius 3 is 2.67 bits per heavy atom. The Labute approximate surface area is 275 Å². The highest BCUT2D eigenvalue weighted by atomic mass is 35.5. The van der Waals surface area contributed by atoms with Crippen molar-refractivity contribution in [3.63, 3.8) is 0 Å². The SMILES string of the molecule is CC(C)(C)OC(=O)N1CCc2ccc(Cl)cc2[C@H]1c1cc(C(=O)c2cncnc2N[C@@H]2C[C@H](COS(N)(=O)=O)[C@@H](O)C2)sc1Cl. The second-order valence-corrected chi connectivity index (χ2v) is 15.4. The molecule has 4 atom stereocenters. The van der Waals surface area contributed by atoms with Crippen molar-refractivity contribution in [1.82, 2.24) is 14.9 Å². The van der Waals surface area contributed by atoms with Gasteiger partial charge in [-0.05, 0) is 69.4 Å². The van der Waals surface area contributed by atoms with Gasteiger partial charge in [0.05, 0.1) is 33.5 Å². The van der Waals surface area contributed by atoms with Crippen LogP contribution in [0, 0.1) is 5.92 Å². The molecule has 242 valence electrons. The first-order chi connectivity index (χ1) is 21.1. The number of fused-ring (bicyclic) bond motifs is 1. The number of rotatable bonds is 8. The van der Waals surface area contributed by atoms with Crippen LogP contribution in [0.5, 0.6) is 0 Å². The molecule has 0 radical (unpaired) electrons. The molecule has 0 saturated heterocycles. The van der Waals surface area contributed by atoms with Gasteiger partial charge in [-0.2, -0.15) is 8.42 Å². The molecule has 0 spiro atoms. The van der Waals surface area contributed by atoms with E-state index in [2.05, 4.69) is 19.5 Å². The van der Waals surface area contributed by atoms with Gasteiger partial charge >= 0.3 is 16.4 Å². The van der Waals surface area contributed by atoms with Crippen molar-refractivity contribution in [3.8, 4) is 0 Å². The van der Waals surface area contributed by atoms with Gasteiger partial charge in [-0.15, -0.1) is 11.3 Å². The smallest absolute Gasteiger partial charge is 0.411 e. The van der Waals surface area contributed by atoms with Crippen molar-refractivity contribution in [2.45, 2.75) is 63.8 Å². The summed E-state index contributed by atoms with van der Waals surface area (Å²) in [6, 6.07) is 6.22. The van der Waals surface area contributed by atoms with Crippen molar-refractivity contribution in [2.24, 2.45) is 11.1 Å². The number of nitrogens with two attached hydrogens (primary N) is 1. The number of nitrogens with zero attached hydrogens (tertiary/aromatic N) is 3. The number of aromatic nitrogens is 2. The molecule has 5 rings (SSSR count). The topological polar surface area (TPSA) is 174 Å². The third-order valence-electron chi connectivity index (χ3n) is 7.60. The lowest BCUT2D eigenvalue weighted by atomic mass is 9.89. The van der Waals surface area contributed by atoms with Gasteiger partial charge in [0.25, 0.3) is 0 Å². The number of halogens is 2. The number of nitrogens with one attached hydrogen (secondary N) is 1. The Bertz CT molecular complexity index is 1710. The highest BCUT2D eigenvalue weighted by Gasteiger charge is 2.38. The zero-order valence-corrected chi connectivity index (χ0v) is 27.8. The van der Waals surface area contributed by atoms with Crippen LogP contribution >= 0.6 is 34.5 Å². The fourth-order valence-electron chi connectivity index (χ4n) is 5.64. The Morgan fingerprint density at radius 2 is 1.96 bits per heavy atom. The molecular formula is C29H33Cl2N5O7S2. The molecule has 12 nitrogen and oxygen atoms in total. The Hall–Kier alpha value is -2.85. The van der Waals surface area contributed by atoms with E-state index in [-0.39, 0.29) is 30.5 Å². The van der Waals surface area contributed by atoms with Crippen LogP contribution in [0.25, 0.3) is 0 Å². The number of thiophene rings is 1. The van der Waals surface area contributed by atoms with Crippen molar-refractivity contribution in [3.05, 3.63) is 73.3 Å². The monoisotopic (exact) mass is 697 g/mol. The van der Waals surface area contributed by atoms with Gasteiger partial charge in [0.1, 0.15) is 17.7 Å². The minimum atomic E-state index is -4.15. The van der Waals surface area contributed by atoms with Crippen LogP contribution < -0.4 is 10.5 Å². The van der Waals surface area contributed by atoms with Crippen LogP contribution in [-0.4, -0.2) is 71.2 Å². The van der Waals surface area contributed by atoms with Crippen molar-refractivity contribution in [2.75, 3.05) is 18.5 Å². The molecule has 0 unspecified atom stereocenters. The average molecular weight is 699 g/mol. The van der Waals surface area contributed by atoms with Crippen LogP contribution in [0.3, 0.4) is 0 Å². The zero-order valence-electron chi connectivity index (χ0n) is 24.7. The van der Waals surface area contributed by atoms with Crippen LogP contribution in [0.15, 0.2) is 36.8 Å². The van der Waals surface area contributed by atoms with Crippen molar-refractivity contribution < 1.29 is 32.0 Å². The first-order valence-electron chi connectivity index (χ1n) is 14.1. The summed E-state index contributed by atoms with van der Waals surface area (Å²) in [5, 5.41) is 19.0. The number of ether oxygens (including phenoxy) is 1. The predicted octanol–water partition coefficient (Wildman–Crippen LogP) is 4.73. The van der Waals surface area contributed by atoms with E-state index in [9.17, 15) is 23.1 Å². The van der Waals surface area contributed by atoms with Crippen molar-refractivity contribution >= 4 is 62.5 Å². The minimum Gasteiger partial charge on any atom is -0.444 e. The number of ketones is 1. The summed E-state index contributed by atoms with van der Waals surface area (Å²) in [7, 11) is -4.15. The second kappa shape index (κ2) is 13.1. The summed E-state index contributed by atoms with van der Waals surface area (Å²) in [6.45, 7) is 5.49. The summed E-state index contributed by atoms with van der Waals surface area (Å²) < 4.78 is 33.1. The number of carbonyl (C=O) groups is 2. The molecule has 1 saturated carbocycles. The number of benzene rings is 1. The fourth-order valence-corrected chi connectivity index (χ4v) is 7.46. The number of anilines is 1. The molecule has 2 aliphatic rings. The fraction of sp³-hybridized carbons (Fsp3) is 0.448. The van der Waals surface area contributed by atoms with E-state index in [0.29, 0.717) is 39.2 Å². The van der Waals surface area contributed by atoms with Crippen LogP contribution in [0.4, 0.5) is 10.6 Å². The molecule has 4 N–H and O–H groups in total. The van der Waals surface area contributed by atoms with E-state index in [0.717, 1.165) is 22.5 Å². The number of aliphatic hydroxyl groups excluding tert-OH is 1. The molecule has 1 fully saturated rings. The third-order valence-corrected chi connectivity index (χ3v) is 9.68. The molecule has 16 heteroatoms. The summed E-state index contributed by atoms with van der Waals surface area (Å²) in [5.41, 5.74) is 1.81. The standard InChI is InChI=1S/C29H33Cl2N5O7S2/c1-29(2,3)43-28(39)36-7-6-15-4-5-17(30)9-19(15)24(36)20-11-23(44-26(20)31)25(38)21-12-33-14-34-27(21)35-18-8-16(22(37)10-18)13-42-45(32,40)41/h4-5,9,11-12,14,16,18,22,24,37H,6-8,10,13H2,1-3H3,(H2,32,40,41)(H,33,34,35)/t16-,18-,22+,24+/m1/s1. The highest BCUT2D eigenvalue weighted by Crippen LogP contribution is 2.44. The molecular weight excluding hydrogens is 665 g/mol. The summed E-state index contributed by atoms with van der Waals surface area (Å²) in [4.78, 5) is 37.5. The molecule has 3 heterocycles. The first kappa shape index (κ1) is 33.5. The quantitative estimate of drug-likeness (QED) is 0.279. The number of carbonyl (C=O) groups excluding carboxylic acids is 2. The van der Waals surface area contributed by atoms with Gasteiger partial charge in [0.15, 0.2) is 0 Å². The van der Waals surface area contributed by atoms with Gasteiger partial charge < -0.3 is 15.2 Å². The normalized spacial score (nSPS) is 21.8. The first-order valence-corrected chi connectivity index (χ1v) is 17.2. The van der Waals surface area contributed by atoms with E-state index in [1.807, 2.05) is 6.07 Å². The molecule has 0 bridgehead atoms. The second-order valence-electron chi connectivity index (χ2n) is 12.0. The van der Waals surface area contributed by atoms with E-state index in [1.54, 1.807) is 43.9 Å². The van der Waals surface area contributed by atoms with Gasteiger partial charge in [0.2, 0.25) is 5.78 Å². The predicted molar refractivity (Wildman–Crippen MR) is 170 cm³/mol. The Morgan fingerprint density at radius 1 is 1.20 bits per heavy atom. The van der Waals surface area contributed by atoms with Crippen LogP contribution in [-0.2, 0) is 25.6 Å².